The summed E-state index contributed by atoms with van der Waals surface area (Å²) in [5.41, 5.74) is 0. The maximum absolute atomic E-state index is 13.4. The number of nitrogens with zero attached hydrogens (tertiary/aromatic N) is 3. The second-order valence-corrected chi connectivity index (χ2v) is 11.4. The zero-order chi connectivity index (χ0) is 23.3. The molecule has 1 aromatic rings. The van der Waals surface area contributed by atoms with Crippen LogP contribution < -0.4 is 5.32 Å². The van der Waals surface area contributed by atoms with E-state index in [1.165, 1.54) is 23.1 Å². The maximum atomic E-state index is 13.4. The first-order valence-electron chi connectivity index (χ1n) is 11.4. The second-order valence-electron chi connectivity index (χ2n) is 9.13. The highest BCUT2D eigenvalue weighted by atomic mass is 32.2. The highest BCUT2D eigenvalue weighted by Gasteiger charge is 2.36. The predicted molar refractivity (Wildman–Crippen MR) is 127 cm³/mol. The van der Waals surface area contributed by atoms with Crippen LogP contribution in [0.5, 0.6) is 0 Å². The highest BCUT2D eigenvalue weighted by Crippen LogP contribution is 2.33. The number of carbonyl (C=O) groups is 3. The Balaban J connectivity index is 1.67. The number of carboxylic acid groups (broad SMARTS) is 1. The summed E-state index contributed by atoms with van der Waals surface area (Å²) in [5.74, 6) is -0.0530. The monoisotopic (exact) mass is 482 g/mol. The van der Waals surface area contributed by atoms with E-state index in [0.29, 0.717) is 24.1 Å². The van der Waals surface area contributed by atoms with Gasteiger partial charge < -0.3 is 14.9 Å². The van der Waals surface area contributed by atoms with E-state index in [1.54, 1.807) is 6.20 Å². The first-order chi connectivity index (χ1) is 15.2. The van der Waals surface area contributed by atoms with Crippen LogP contribution >= 0.6 is 23.1 Å². The van der Waals surface area contributed by atoms with Gasteiger partial charge in [-0.05, 0) is 44.4 Å². The molecule has 2 fully saturated rings. The van der Waals surface area contributed by atoms with Gasteiger partial charge in [-0.1, -0.05) is 32.1 Å². The Morgan fingerprint density at radius 3 is 2.41 bits per heavy atom. The van der Waals surface area contributed by atoms with Crippen molar-refractivity contribution in [3.8, 4) is 0 Å². The molecule has 0 radical (unpaired) electrons. The van der Waals surface area contributed by atoms with Crippen molar-refractivity contribution in [2.75, 3.05) is 24.2 Å². The Kier molecular flexibility index (Phi) is 8.81. The second kappa shape index (κ2) is 11.4. The predicted octanol–water partition coefficient (Wildman–Crippen LogP) is 4.38. The van der Waals surface area contributed by atoms with E-state index >= 15 is 0 Å². The molecule has 2 heterocycles. The lowest BCUT2D eigenvalue weighted by Gasteiger charge is -2.44. The van der Waals surface area contributed by atoms with E-state index in [2.05, 4.69) is 17.2 Å². The molecule has 8 nitrogen and oxygen atoms in total. The number of rotatable bonds is 7. The van der Waals surface area contributed by atoms with Crippen molar-refractivity contribution in [1.82, 2.24) is 14.8 Å². The molecular weight excluding hydrogens is 448 g/mol. The van der Waals surface area contributed by atoms with Crippen LogP contribution in [0.15, 0.2) is 10.4 Å². The fourth-order valence-corrected chi connectivity index (χ4v) is 6.13. The van der Waals surface area contributed by atoms with Crippen LogP contribution in [0.4, 0.5) is 9.93 Å². The number of piperidine rings is 1. The molecule has 0 spiro atoms. The lowest BCUT2D eigenvalue weighted by Crippen LogP contribution is -2.54. The molecule has 2 aliphatic rings. The number of thioether (sulfide) groups is 1. The first-order valence-corrected chi connectivity index (χ1v) is 13.2. The van der Waals surface area contributed by atoms with Crippen LogP contribution in [0.1, 0.15) is 59.3 Å². The smallest absolute Gasteiger partial charge is 0.324 e. The van der Waals surface area contributed by atoms with Gasteiger partial charge in [-0.3, -0.25) is 14.9 Å². The molecule has 32 heavy (non-hydrogen) atoms. The standard InChI is InChI=1S/C22H34N4O4S2/c1-14(2)20(29)25-10-8-17(9-11-25)26(16-6-4-15(3)5-7-16)22(30)24-21-23-12-19(32-21)31-13-18(27)28/h12,14-17H,4-11,13H2,1-3H3,(H,27,28)(H,23,24,30)/t15-,16-. The van der Waals surface area contributed by atoms with E-state index in [9.17, 15) is 14.4 Å². The summed E-state index contributed by atoms with van der Waals surface area (Å²) in [6.07, 6.45) is 7.41. The Morgan fingerprint density at radius 2 is 1.81 bits per heavy atom. The summed E-state index contributed by atoms with van der Waals surface area (Å²) in [6.45, 7) is 7.48. The zero-order valence-corrected chi connectivity index (χ0v) is 20.7. The highest BCUT2D eigenvalue weighted by molar-refractivity contribution is 8.01. The van der Waals surface area contributed by atoms with Crippen molar-refractivity contribution < 1.29 is 19.5 Å². The van der Waals surface area contributed by atoms with Crippen LogP contribution in [0.25, 0.3) is 0 Å². The number of carbonyl (C=O) groups excluding carboxylic acids is 2. The Labute approximate surface area is 198 Å². The van der Waals surface area contributed by atoms with Crippen molar-refractivity contribution in [2.45, 2.75) is 75.6 Å². The van der Waals surface area contributed by atoms with Gasteiger partial charge in [-0.15, -0.1) is 11.8 Å². The lowest BCUT2D eigenvalue weighted by molar-refractivity contribution is -0.136. The quantitative estimate of drug-likeness (QED) is 0.559. The third-order valence-corrected chi connectivity index (χ3v) is 8.41. The molecule has 1 aliphatic carbocycles. The Bertz CT molecular complexity index is 800. The van der Waals surface area contributed by atoms with Gasteiger partial charge in [0, 0.05) is 31.1 Å². The topological polar surface area (TPSA) is 103 Å². The molecule has 10 heteroatoms. The fraction of sp³-hybridized carbons (Fsp3) is 0.727. The average Bonchev–Trinajstić information content (AvgIpc) is 3.21. The molecule has 178 valence electrons. The molecule has 3 rings (SSSR count). The number of anilines is 1. The molecule has 0 aromatic carbocycles. The van der Waals surface area contributed by atoms with Gasteiger partial charge in [0.05, 0.1) is 16.2 Å². The SMILES string of the molecule is CC(C)C(=O)N1CCC(N(C(=O)Nc2ncc(SCC(=O)O)s2)[C@H]2CC[C@H](C)CC2)CC1. The number of aromatic nitrogens is 1. The number of urea groups is 1. The van der Waals surface area contributed by atoms with E-state index in [4.69, 9.17) is 5.11 Å². The van der Waals surface area contributed by atoms with Crippen molar-refractivity contribution >= 4 is 46.1 Å². The van der Waals surface area contributed by atoms with Gasteiger partial charge in [0.1, 0.15) is 0 Å². The molecule has 1 saturated heterocycles. The van der Waals surface area contributed by atoms with Crippen molar-refractivity contribution in [1.29, 1.82) is 0 Å². The van der Waals surface area contributed by atoms with Crippen LogP contribution in [0.3, 0.4) is 0 Å². The van der Waals surface area contributed by atoms with Crippen LogP contribution in [0, 0.1) is 11.8 Å². The summed E-state index contributed by atoms with van der Waals surface area (Å²) in [6, 6.07) is 0.164. The number of hydrogen-bond acceptors (Lipinski definition) is 6. The summed E-state index contributed by atoms with van der Waals surface area (Å²) < 4.78 is 0.765. The summed E-state index contributed by atoms with van der Waals surface area (Å²) >= 11 is 2.50. The summed E-state index contributed by atoms with van der Waals surface area (Å²) in [7, 11) is 0. The largest absolute Gasteiger partial charge is 0.481 e. The molecule has 0 atom stereocenters. The number of thiazole rings is 1. The number of nitrogens with one attached hydrogen (secondary N) is 1. The third kappa shape index (κ3) is 6.60. The van der Waals surface area contributed by atoms with Crippen molar-refractivity contribution in [2.24, 2.45) is 11.8 Å². The van der Waals surface area contributed by atoms with Gasteiger partial charge in [0.25, 0.3) is 0 Å². The van der Waals surface area contributed by atoms with Crippen LogP contribution in [0.2, 0.25) is 0 Å². The van der Waals surface area contributed by atoms with Gasteiger partial charge in [-0.25, -0.2) is 9.78 Å². The van der Waals surface area contributed by atoms with E-state index in [-0.39, 0.29) is 35.7 Å². The number of hydrogen-bond donors (Lipinski definition) is 2. The molecule has 1 aliphatic heterocycles. The van der Waals surface area contributed by atoms with Gasteiger partial charge in [0.2, 0.25) is 5.91 Å². The number of aliphatic carboxylic acids is 1. The minimum Gasteiger partial charge on any atom is -0.481 e. The minimum absolute atomic E-state index is 0.0103. The zero-order valence-electron chi connectivity index (χ0n) is 19.1. The van der Waals surface area contributed by atoms with Crippen molar-refractivity contribution in [3.05, 3.63) is 6.20 Å². The van der Waals surface area contributed by atoms with E-state index in [0.717, 1.165) is 42.7 Å². The Hall–Kier alpha value is -1.81. The molecular formula is C22H34N4O4S2. The molecule has 1 aromatic heterocycles. The Morgan fingerprint density at radius 1 is 1.19 bits per heavy atom. The minimum atomic E-state index is -0.881. The summed E-state index contributed by atoms with van der Waals surface area (Å²) in [5, 5.41) is 12.3. The number of amides is 3. The molecule has 0 bridgehead atoms. The van der Waals surface area contributed by atoms with Crippen LogP contribution in [-0.4, -0.2) is 68.7 Å². The normalized spacial score (nSPS) is 22.1. The first kappa shape index (κ1) is 24.8. The van der Waals surface area contributed by atoms with E-state index < -0.39 is 5.97 Å². The van der Waals surface area contributed by atoms with Gasteiger partial charge in [0.15, 0.2) is 5.13 Å². The van der Waals surface area contributed by atoms with E-state index in [1.807, 2.05) is 23.6 Å². The van der Waals surface area contributed by atoms with Crippen molar-refractivity contribution in [3.63, 3.8) is 0 Å². The fourth-order valence-electron chi connectivity index (χ4n) is 4.55. The van der Waals surface area contributed by atoms with Gasteiger partial charge in [-0.2, -0.15) is 0 Å². The third-order valence-electron chi connectivity index (χ3n) is 6.31. The number of carboxylic acids is 1. The number of likely N-dealkylation sites (tertiary alicyclic amines) is 1. The molecule has 1 saturated carbocycles. The maximum Gasteiger partial charge on any atom is 0.324 e. The van der Waals surface area contributed by atoms with Gasteiger partial charge >= 0.3 is 12.0 Å². The molecule has 3 amide bonds. The molecule has 0 unspecified atom stereocenters. The molecule has 2 N–H and O–H groups in total. The lowest BCUT2D eigenvalue weighted by atomic mass is 9.85. The van der Waals surface area contributed by atoms with Crippen LogP contribution in [-0.2, 0) is 9.59 Å². The summed E-state index contributed by atoms with van der Waals surface area (Å²) in [4.78, 5) is 44.8. The average molecular weight is 483 g/mol.